The van der Waals surface area contributed by atoms with E-state index in [0.29, 0.717) is 9.95 Å². The molecule has 0 spiro atoms. The third kappa shape index (κ3) is 3.77. The molecule has 1 saturated carbocycles. The summed E-state index contributed by atoms with van der Waals surface area (Å²) >= 11 is 1.49. The fourth-order valence-electron chi connectivity index (χ4n) is 3.69. The first-order valence-corrected chi connectivity index (χ1v) is 11.1. The molecule has 29 heavy (non-hydrogen) atoms. The van der Waals surface area contributed by atoms with Crippen molar-refractivity contribution >= 4 is 33.1 Å². The molecule has 2 heterocycles. The molecule has 0 saturated heterocycles. The zero-order valence-electron chi connectivity index (χ0n) is 15.4. The molecule has 0 radical (unpaired) electrons. The van der Waals surface area contributed by atoms with Crippen molar-refractivity contribution in [3.05, 3.63) is 48.9 Å². The van der Waals surface area contributed by atoms with Crippen molar-refractivity contribution in [3.63, 3.8) is 0 Å². The SMILES string of the molecule is CN([C@H]1C[C@@H](n2ccc3c(Sc4ccccc4)ncnc32)[C@H](O)[C@@H]1O)S(=O)(=O)O. The zero-order chi connectivity index (χ0) is 20.8. The quantitative estimate of drug-likeness (QED) is 0.404. The van der Waals surface area contributed by atoms with Gasteiger partial charge in [0, 0.05) is 18.1 Å². The Labute approximate surface area is 171 Å². The summed E-state index contributed by atoms with van der Waals surface area (Å²) in [6.07, 6.45) is 0.728. The van der Waals surface area contributed by atoms with Gasteiger partial charge in [0.1, 0.15) is 23.1 Å². The van der Waals surface area contributed by atoms with Crippen molar-refractivity contribution in [3.8, 4) is 0 Å². The van der Waals surface area contributed by atoms with Gasteiger partial charge < -0.3 is 14.8 Å². The highest BCUT2D eigenvalue weighted by Crippen LogP contribution is 2.38. The highest BCUT2D eigenvalue weighted by molar-refractivity contribution is 7.99. The van der Waals surface area contributed by atoms with Crippen LogP contribution >= 0.6 is 11.8 Å². The van der Waals surface area contributed by atoms with Crippen molar-refractivity contribution in [1.82, 2.24) is 18.8 Å². The maximum Gasteiger partial charge on any atom is 0.335 e. The largest absolute Gasteiger partial charge is 0.389 e. The van der Waals surface area contributed by atoms with E-state index in [4.69, 9.17) is 0 Å². The number of benzene rings is 1. The molecule has 1 fully saturated rings. The van der Waals surface area contributed by atoms with Gasteiger partial charge in [-0.2, -0.15) is 12.7 Å². The summed E-state index contributed by atoms with van der Waals surface area (Å²) in [4.78, 5) is 9.71. The second-order valence-corrected chi connectivity index (χ2v) is 9.43. The van der Waals surface area contributed by atoms with E-state index < -0.39 is 34.6 Å². The predicted octanol–water partition coefficient (Wildman–Crippen LogP) is 1.35. The molecule has 0 amide bonds. The number of hydrogen-bond donors (Lipinski definition) is 3. The minimum Gasteiger partial charge on any atom is -0.389 e. The second-order valence-electron chi connectivity index (χ2n) is 6.90. The van der Waals surface area contributed by atoms with Gasteiger partial charge in [0.15, 0.2) is 0 Å². The van der Waals surface area contributed by atoms with Crippen molar-refractivity contribution in [1.29, 1.82) is 0 Å². The van der Waals surface area contributed by atoms with Crippen molar-refractivity contribution in [2.75, 3.05) is 7.05 Å². The number of aliphatic hydroxyl groups is 2. The Balaban J connectivity index is 1.67. The van der Waals surface area contributed by atoms with Gasteiger partial charge in [-0.15, -0.1) is 0 Å². The number of aliphatic hydroxyl groups excluding tert-OH is 2. The average Bonchev–Trinajstić information content (AvgIpc) is 3.24. The normalized spacial score (nSPS) is 25.1. The van der Waals surface area contributed by atoms with Crippen molar-refractivity contribution < 1.29 is 23.2 Å². The summed E-state index contributed by atoms with van der Waals surface area (Å²) in [6, 6.07) is 10.0. The van der Waals surface area contributed by atoms with E-state index >= 15 is 0 Å². The molecule has 2 aromatic heterocycles. The van der Waals surface area contributed by atoms with Crippen LogP contribution in [-0.4, -0.2) is 67.3 Å². The first-order valence-electron chi connectivity index (χ1n) is 8.88. The van der Waals surface area contributed by atoms with Crippen LogP contribution in [0.1, 0.15) is 12.5 Å². The predicted molar refractivity (Wildman–Crippen MR) is 107 cm³/mol. The summed E-state index contributed by atoms with van der Waals surface area (Å²) < 4.78 is 34.6. The maximum atomic E-state index is 11.5. The smallest absolute Gasteiger partial charge is 0.335 e. The van der Waals surface area contributed by atoms with Crippen LogP contribution in [0.25, 0.3) is 11.0 Å². The summed E-state index contributed by atoms with van der Waals surface area (Å²) in [6.45, 7) is 0. The van der Waals surface area contributed by atoms with Crippen molar-refractivity contribution in [2.45, 2.75) is 40.6 Å². The van der Waals surface area contributed by atoms with Gasteiger partial charge in [-0.05, 0) is 24.6 Å². The Kier molecular flexibility index (Phi) is 5.36. The van der Waals surface area contributed by atoms with E-state index in [1.165, 1.54) is 25.1 Å². The molecule has 3 N–H and O–H groups in total. The van der Waals surface area contributed by atoms with Crippen LogP contribution in [0.5, 0.6) is 0 Å². The van der Waals surface area contributed by atoms with Crippen LogP contribution in [0.2, 0.25) is 0 Å². The molecule has 0 bridgehead atoms. The number of nitrogens with zero attached hydrogens (tertiary/aromatic N) is 4. The fourth-order valence-corrected chi connectivity index (χ4v) is 5.13. The Morgan fingerprint density at radius 2 is 1.86 bits per heavy atom. The van der Waals surface area contributed by atoms with E-state index in [1.54, 1.807) is 10.8 Å². The van der Waals surface area contributed by atoms with E-state index in [9.17, 15) is 23.2 Å². The molecular formula is C18H20N4O5S2. The fraction of sp³-hybridized carbons (Fsp3) is 0.333. The summed E-state index contributed by atoms with van der Waals surface area (Å²) in [5.74, 6) is 0. The van der Waals surface area contributed by atoms with Gasteiger partial charge in [0.05, 0.1) is 23.6 Å². The number of hydrogen-bond acceptors (Lipinski definition) is 7. The first-order chi connectivity index (χ1) is 13.8. The van der Waals surface area contributed by atoms with E-state index in [-0.39, 0.29) is 6.42 Å². The van der Waals surface area contributed by atoms with Crippen LogP contribution in [0.15, 0.2) is 58.8 Å². The summed E-state index contributed by atoms with van der Waals surface area (Å²) in [5.41, 5.74) is 0.574. The van der Waals surface area contributed by atoms with Crippen LogP contribution < -0.4 is 0 Å². The van der Waals surface area contributed by atoms with Gasteiger partial charge in [-0.25, -0.2) is 9.97 Å². The molecule has 1 aromatic carbocycles. The zero-order valence-corrected chi connectivity index (χ0v) is 17.0. The lowest BCUT2D eigenvalue weighted by Crippen LogP contribution is -2.44. The molecule has 1 aliphatic carbocycles. The lowest BCUT2D eigenvalue weighted by molar-refractivity contribution is 0.00539. The third-order valence-corrected chi connectivity index (χ3v) is 7.27. The van der Waals surface area contributed by atoms with E-state index in [0.717, 1.165) is 15.3 Å². The van der Waals surface area contributed by atoms with E-state index in [2.05, 4.69) is 9.97 Å². The lowest BCUT2D eigenvalue weighted by atomic mass is 10.2. The molecule has 11 heteroatoms. The summed E-state index contributed by atoms with van der Waals surface area (Å²) in [5, 5.41) is 22.5. The van der Waals surface area contributed by atoms with Crippen LogP contribution in [-0.2, 0) is 10.3 Å². The van der Waals surface area contributed by atoms with Gasteiger partial charge in [-0.3, -0.25) is 4.55 Å². The number of fused-ring (bicyclic) bond motifs is 1. The van der Waals surface area contributed by atoms with Gasteiger partial charge in [0.25, 0.3) is 0 Å². The standard InChI is InChI=1S/C18H20N4O5S2/c1-21(29(25,26)27)13-9-14(16(24)15(13)23)22-8-7-12-17(22)19-10-20-18(12)28-11-5-3-2-4-6-11/h2-8,10,13-16,23-24H,9H2,1H3,(H,25,26,27)/t13-,14+,15+,16-/m0/s1. The second kappa shape index (κ2) is 7.67. The van der Waals surface area contributed by atoms with Crippen LogP contribution in [0.4, 0.5) is 0 Å². The minimum atomic E-state index is -4.49. The summed E-state index contributed by atoms with van der Waals surface area (Å²) in [7, 11) is -3.33. The van der Waals surface area contributed by atoms with Gasteiger partial charge >= 0.3 is 10.3 Å². The van der Waals surface area contributed by atoms with Gasteiger partial charge in [-0.1, -0.05) is 30.0 Å². The van der Waals surface area contributed by atoms with Crippen LogP contribution in [0, 0.1) is 0 Å². The number of aromatic nitrogens is 3. The Morgan fingerprint density at radius 3 is 2.55 bits per heavy atom. The highest BCUT2D eigenvalue weighted by Gasteiger charge is 2.47. The minimum absolute atomic E-state index is 0.119. The van der Waals surface area contributed by atoms with Crippen LogP contribution in [0.3, 0.4) is 0 Å². The third-order valence-electron chi connectivity index (χ3n) is 5.24. The molecule has 0 aliphatic heterocycles. The Bertz CT molecular complexity index is 1120. The average molecular weight is 437 g/mol. The van der Waals surface area contributed by atoms with E-state index in [1.807, 2.05) is 36.4 Å². The topological polar surface area (TPSA) is 129 Å². The number of likely N-dealkylation sites (N-methyl/N-ethyl adjacent to an activating group) is 1. The molecule has 9 nitrogen and oxygen atoms in total. The number of rotatable bonds is 5. The molecule has 0 unspecified atom stereocenters. The molecule has 4 atom stereocenters. The molecule has 1 aliphatic rings. The van der Waals surface area contributed by atoms with Gasteiger partial charge in [0.2, 0.25) is 0 Å². The first kappa shape index (κ1) is 20.3. The van der Waals surface area contributed by atoms with Crippen molar-refractivity contribution in [2.24, 2.45) is 0 Å². The maximum absolute atomic E-state index is 11.5. The molecule has 154 valence electrons. The molecule has 4 rings (SSSR count). The Hall–Kier alpha value is -2.02. The highest BCUT2D eigenvalue weighted by atomic mass is 32.2. The lowest BCUT2D eigenvalue weighted by Gasteiger charge is -2.23. The molecule has 3 aromatic rings. The molecular weight excluding hydrogens is 416 g/mol. The Morgan fingerprint density at radius 1 is 1.14 bits per heavy atom. The monoisotopic (exact) mass is 436 g/mol.